The molecule has 3 aromatic rings. The van der Waals surface area contributed by atoms with Gasteiger partial charge in [-0.25, -0.2) is 13.4 Å². The fourth-order valence-corrected chi connectivity index (χ4v) is 2.84. The molecule has 0 saturated carbocycles. The van der Waals surface area contributed by atoms with Crippen molar-refractivity contribution in [3.05, 3.63) is 89.9 Å². The van der Waals surface area contributed by atoms with Gasteiger partial charge in [-0.05, 0) is 23.8 Å². The average molecular weight is 368 g/mol. The van der Waals surface area contributed by atoms with Crippen molar-refractivity contribution in [1.82, 2.24) is 19.8 Å². The number of amides is 1. The molecule has 132 valence electrons. The minimum atomic E-state index is -3.84. The quantitative estimate of drug-likeness (QED) is 0.652. The highest BCUT2D eigenvalue weighted by Gasteiger charge is 2.15. The fraction of sp³-hybridized carbons (Fsp3) is 0. The van der Waals surface area contributed by atoms with Gasteiger partial charge in [-0.1, -0.05) is 48.5 Å². The highest BCUT2D eigenvalue weighted by atomic mass is 32.2. The summed E-state index contributed by atoms with van der Waals surface area (Å²) in [5.74, 6) is -0.622. The lowest BCUT2D eigenvalue weighted by atomic mass is 10.2. The molecular formula is C18H16N4O3S. The molecule has 26 heavy (non-hydrogen) atoms. The molecule has 2 N–H and O–H groups in total. The maximum atomic E-state index is 12.3. The smallest absolute Gasteiger partial charge is 0.284 e. The number of aromatic nitrogens is 2. The number of hydrogen-bond donors (Lipinski definition) is 2. The van der Waals surface area contributed by atoms with E-state index in [9.17, 15) is 13.2 Å². The number of carbonyl (C=O) groups excluding carboxylic acids is 1. The second-order valence-corrected chi connectivity index (χ2v) is 6.87. The van der Waals surface area contributed by atoms with Crippen LogP contribution in [0.2, 0.25) is 0 Å². The van der Waals surface area contributed by atoms with Gasteiger partial charge < -0.3 is 0 Å². The van der Waals surface area contributed by atoms with Gasteiger partial charge in [0.2, 0.25) is 0 Å². The Morgan fingerprint density at radius 1 is 1.00 bits per heavy atom. The van der Waals surface area contributed by atoms with Crippen LogP contribution < -0.4 is 10.3 Å². The van der Waals surface area contributed by atoms with Crippen LogP contribution in [0.3, 0.4) is 0 Å². The Balaban J connectivity index is 1.68. The number of rotatable bonds is 6. The fourth-order valence-electron chi connectivity index (χ4n) is 2.21. The van der Waals surface area contributed by atoms with Crippen LogP contribution in [0.15, 0.2) is 78.6 Å². The topological polar surface area (TPSA) is 93.1 Å². The van der Waals surface area contributed by atoms with Gasteiger partial charge in [0.25, 0.3) is 15.9 Å². The molecule has 0 spiro atoms. The van der Waals surface area contributed by atoms with E-state index in [1.54, 1.807) is 28.8 Å². The Morgan fingerprint density at radius 3 is 2.35 bits per heavy atom. The van der Waals surface area contributed by atoms with Crippen molar-refractivity contribution < 1.29 is 13.2 Å². The van der Waals surface area contributed by atoms with E-state index in [2.05, 4.69) is 10.4 Å². The molecule has 0 fully saturated rings. The van der Waals surface area contributed by atoms with Gasteiger partial charge in [0, 0.05) is 11.1 Å². The standard InChI is InChI=1S/C18H16N4O3S/c23-18(17-13-19-14-22(17)16-9-5-2-6-10-16)20-21-26(24,25)12-11-15-7-3-1-4-8-15/h1-14,21H,(H,20,23). The lowest BCUT2D eigenvalue weighted by molar-refractivity contribution is 0.0938. The van der Waals surface area contributed by atoms with Crippen molar-refractivity contribution in [2.45, 2.75) is 0 Å². The van der Waals surface area contributed by atoms with Crippen LogP contribution in [0.4, 0.5) is 0 Å². The van der Waals surface area contributed by atoms with Crippen molar-refractivity contribution in [3.8, 4) is 5.69 Å². The number of para-hydroxylation sites is 1. The maximum Gasteiger partial charge on any atom is 0.284 e. The molecule has 0 atom stereocenters. The average Bonchev–Trinajstić information content (AvgIpc) is 3.16. The SMILES string of the molecule is O=C(NNS(=O)(=O)C=Cc1ccccc1)c1cncn1-c1ccccc1. The van der Waals surface area contributed by atoms with Crippen LogP contribution in [0.25, 0.3) is 11.8 Å². The molecule has 1 aromatic heterocycles. The van der Waals surface area contributed by atoms with Crippen molar-refractivity contribution in [2.75, 3.05) is 0 Å². The van der Waals surface area contributed by atoms with Crippen LogP contribution in [-0.4, -0.2) is 23.9 Å². The van der Waals surface area contributed by atoms with Crippen molar-refractivity contribution in [3.63, 3.8) is 0 Å². The first-order chi connectivity index (χ1) is 12.6. The minimum absolute atomic E-state index is 0.200. The first kappa shape index (κ1) is 17.6. The van der Waals surface area contributed by atoms with E-state index in [-0.39, 0.29) is 5.69 Å². The van der Waals surface area contributed by atoms with E-state index in [0.29, 0.717) is 0 Å². The summed E-state index contributed by atoms with van der Waals surface area (Å²) in [5.41, 5.74) is 3.85. The molecule has 0 aliphatic rings. The number of hydrazine groups is 1. The first-order valence-corrected chi connectivity index (χ1v) is 9.23. The molecule has 2 aromatic carbocycles. The second-order valence-electron chi connectivity index (χ2n) is 5.30. The van der Waals surface area contributed by atoms with Crippen molar-refractivity contribution in [2.24, 2.45) is 0 Å². The zero-order chi connectivity index (χ0) is 18.4. The van der Waals surface area contributed by atoms with Crippen LogP contribution in [0.5, 0.6) is 0 Å². The Kier molecular flexibility index (Phi) is 5.26. The number of nitrogens with zero attached hydrogens (tertiary/aromatic N) is 2. The van der Waals surface area contributed by atoms with Gasteiger partial charge in [0.15, 0.2) is 0 Å². The number of sulfonamides is 1. The highest BCUT2D eigenvalue weighted by Crippen LogP contribution is 2.10. The number of benzene rings is 2. The summed E-state index contributed by atoms with van der Waals surface area (Å²) < 4.78 is 25.6. The van der Waals surface area contributed by atoms with Gasteiger partial charge in [0.05, 0.1) is 12.5 Å². The Morgan fingerprint density at radius 2 is 1.65 bits per heavy atom. The minimum Gasteiger partial charge on any atom is -0.295 e. The molecule has 3 rings (SSSR count). The molecule has 0 saturated heterocycles. The van der Waals surface area contributed by atoms with Crippen LogP contribution in [0, 0.1) is 0 Å². The Bertz CT molecular complexity index is 1010. The third-order valence-electron chi connectivity index (χ3n) is 3.45. The van der Waals surface area contributed by atoms with E-state index in [0.717, 1.165) is 16.7 Å². The number of nitrogens with one attached hydrogen (secondary N) is 2. The predicted octanol–water partition coefficient (Wildman–Crippen LogP) is 2.11. The molecular weight excluding hydrogens is 352 g/mol. The maximum absolute atomic E-state index is 12.3. The Hall–Kier alpha value is -3.23. The number of hydrogen-bond acceptors (Lipinski definition) is 4. The van der Waals surface area contributed by atoms with E-state index in [1.165, 1.54) is 18.6 Å². The van der Waals surface area contributed by atoms with Crippen LogP contribution >= 0.6 is 0 Å². The third kappa shape index (κ3) is 4.44. The number of imidazole rings is 1. The molecule has 0 aliphatic heterocycles. The summed E-state index contributed by atoms with van der Waals surface area (Å²) in [5, 5.41) is 0.983. The number of carbonyl (C=O) groups is 1. The molecule has 0 aliphatic carbocycles. The normalized spacial score (nSPS) is 11.5. The molecule has 0 bridgehead atoms. The largest absolute Gasteiger partial charge is 0.295 e. The Labute approximate surface area is 151 Å². The van der Waals surface area contributed by atoms with Crippen molar-refractivity contribution >= 4 is 22.0 Å². The highest BCUT2D eigenvalue weighted by molar-refractivity contribution is 7.92. The summed E-state index contributed by atoms with van der Waals surface area (Å²) >= 11 is 0. The van der Waals surface area contributed by atoms with Gasteiger partial charge in [-0.3, -0.25) is 14.8 Å². The molecule has 1 heterocycles. The van der Waals surface area contributed by atoms with E-state index >= 15 is 0 Å². The molecule has 0 unspecified atom stereocenters. The summed E-state index contributed by atoms with van der Waals surface area (Å²) in [6, 6.07) is 18.1. The summed E-state index contributed by atoms with van der Waals surface area (Å²) in [6.45, 7) is 0. The molecule has 1 amide bonds. The molecule has 8 heteroatoms. The van der Waals surface area contributed by atoms with Crippen LogP contribution in [-0.2, 0) is 10.0 Å². The summed E-state index contributed by atoms with van der Waals surface area (Å²) in [7, 11) is -3.84. The van der Waals surface area contributed by atoms with Gasteiger partial charge in [0.1, 0.15) is 5.69 Å². The van der Waals surface area contributed by atoms with E-state index < -0.39 is 15.9 Å². The molecule has 7 nitrogen and oxygen atoms in total. The monoisotopic (exact) mass is 368 g/mol. The van der Waals surface area contributed by atoms with Gasteiger partial charge in [-0.2, -0.15) is 0 Å². The predicted molar refractivity (Wildman–Crippen MR) is 98.6 cm³/mol. The summed E-state index contributed by atoms with van der Waals surface area (Å²) in [6.07, 6.45) is 4.27. The molecule has 0 radical (unpaired) electrons. The second kappa shape index (κ2) is 7.77. The zero-order valence-corrected chi connectivity index (χ0v) is 14.4. The lowest BCUT2D eigenvalue weighted by Gasteiger charge is -2.09. The zero-order valence-electron chi connectivity index (χ0n) is 13.6. The third-order valence-corrected chi connectivity index (χ3v) is 4.33. The lowest BCUT2D eigenvalue weighted by Crippen LogP contribution is -2.41. The summed E-state index contributed by atoms with van der Waals surface area (Å²) in [4.78, 5) is 18.3. The van der Waals surface area contributed by atoms with Gasteiger partial charge >= 0.3 is 0 Å². The first-order valence-electron chi connectivity index (χ1n) is 7.68. The van der Waals surface area contributed by atoms with E-state index in [1.807, 2.05) is 41.2 Å². The van der Waals surface area contributed by atoms with E-state index in [4.69, 9.17) is 0 Å². The van der Waals surface area contributed by atoms with Crippen molar-refractivity contribution in [1.29, 1.82) is 0 Å². The van der Waals surface area contributed by atoms with Gasteiger partial charge in [-0.15, -0.1) is 4.83 Å². The van der Waals surface area contributed by atoms with Crippen LogP contribution in [0.1, 0.15) is 16.1 Å².